The predicted molar refractivity (Wildman–Crippen MR) is 68.7 cm³/mol. The van der Waals surface area contributed by atoms with Gasteiger partial charge in [0, 0.05) is 29.7 Å². The summed E-state index contributed by atoms with van der Waals surface area (Å²) >= 11 is 3.41. The summed E-state index contributed by atoms with van der Waals surface area (Å²) in [5, 5.41) is 12.2. The molecular formula is C12H18BrNO2. The number of halogens is 1. The van der Waals surface area contributed by atoms with E-state index < -0.39 is 0 Å². The van der Waals surface area contributed by atoms with Crippen molar-refractivity contribution in [3.05, 3.63) is 28.2 Å². The predicted octanol–water partition coefficient (Wildman–Crippen LogP) is 2.18. The highest BCUT2D eigenvalue weighted by Crippen LogP contribution is 2.23. The Morgan fingerprint density at radius 1 is 1.50 bits per heavy atom. The molecule has 0 amide bonds. The average Bonchev–Trinajstić information content (AvgIpc) is 2.30. The molecule has 1 rings (SSSR count). The van der Waals surface area contributed by atoms with Gasteiger partial charge in [0.05, 0.1) is 7.11 Å². The molecule has 1 atom stereocenters. The van der Waals surface area contributed by atoms with Crippen LogP contribution in [-0.2, 0) is 6.54 Å². The van der Waals surface area contributed by atoms with E-state index in [-0.39, 0.29) is 12.5 Å². The summed E-state index contributed by atoms with van der Waals surface area (Å²) in [4.78, 5) is 0. The fourth-order valence-electron chi connectivity index (χ4n) is 1.38. The number of nitrogens with one attached hydrogen (secondary N) is 1. The van der Waals surface area contributed by atoms with Gasteiger partial charge in [-0.2, -0.15) is 0 Å². The van der Waals surface area contributed by atoms with E-state index in [1.807, 2.05) is 25.1 Å². The third-order valence-corrected chi connectivity index (χ3v) is 2.86. The number of ether oxygens (including phenoxy) is 1. The summed E-state index contributed by atoms with van der Waals surface area (Å²) in [5.74, 6) is 1.15. The summed E-state index contributed by atoms with van der Waals surface area (Å²) in [7, 11) is 1.67. The second-order valence-electron chi connectivity index (χ2n) is 3.87. The van der Waals surface area contributed by atoms with Crippen LogP contribution in [0.2, 0.25) is 0 Å². The van der Waals surface area contributed by atoms with E-state index in [9.17, 15) is 0 Å². The molecule has 0 aromatic heterocycles. The molecule has 0 aliphatic heterocycles. The molecule has 4 heteroatoms. The minimum atomic E-state index is 0.213. The van der Waals surface area contributed by atoms with Crippen molar-refractivity contribution >= 4 is 15.9 Å². The normalized spacial score (nSPS) is 12.5. The van der Waals surface area contributed by atoms with Gasteiger partial charge in [-0.05, 0) is 18.1 Å². The van der Waals surface area contributed by atoms with Crippen LogP contribution in [0.15, 0.2) is 22.7 Å². The van der Waals surface area contributed by atoms with Crippen molar-refractivity contribution in [1.29, 1.82) is 0 Å². The molecule has 16 heavy (non-hydrogen) atoms. The fourth-order valence-corrected chi connectivity index (χ4v) is 1.72. The first kappa shape index (κ1) is 13.5. The highest BCUT2D eigenvalue weighted by Gasteiger charge is 2.04. The molecule has 1 aromatic rings. The average molecular weight is 288 g/mol. The maximum atomic E-state index is 8.90. The number of hydrogen-bond donors (Lipinski definition) is 2. The van der Waals surface area contributed by atoms with Gasteiger partial charge in [0.1, 0.15) is 5.75 Å². The van der Waals surface area contributed by atoms with Crippen molar-refractivity contribution in [2.75, 3.05) is 20.3 Å². The van der Waals surface area contributed by atoms with E-state index in [4.69, 9.17) is 9.84 Å². The van der Waals surface area contributed by atoms with Crippen molar-refractivity contribution in [2.24, 2.45) is 5.92 Å². The molecule has 0 saturated carbocycles. The van der Waals surface area contributed by atoms with Gasteiger partial charge in [-0.1, -0.05) is 28.9 Å². The third-order valence-electron chi connectivity index (χ3n) is 2.37. The molecule has 0 bridgehead atoms. The minimum Gasteiger partial charge on any atom is -0.496 e. The van der Waals surface area contributed by atoms with Crippen molar-refractivity contribution < 1.29 is 9.84 Å². The van der Waals surface area contributed by atoms with Gasteiger partial charge < -0.3 is 15.2 Å². The monoisotopic (exact) mass is 287 g/mol. The first-order chi connectivity index (χ1) is 7.67. The quantitative estimate of drug-likeness (QED) is 0.843. The Labute approximate surface area is 105 Å². The van der Waals surface area contributed by atoms with Gasteiger partial charge in [0.2, 0.25) is 0 Å². The van der Waals surface area contributed by atoms with Gasteiger partial charge >= 0.3 is 0 Å². The number of rotatable bonds is 6. The number of benzene rings is 1. The Morgan fingerprint density at radius 2 is 2.25 bits per heavy atom. The van der Waals surface area contributed by atoms with Crippen molar-refractivity contribution in [3.63, 3.8) is 0 Å². The van der Waals surface area contributed by atoms with Gasteiger partial charge in [0.15, 0.2) is 0 Å². The van der Waals surface area contributed by atoms with E-state index in [1.165, 1.54) is 0 Å². The van der Waals surface area contributed by atoms with Crippen LogP contribution in [0.25, 0.3) is 0 Å². The molecule has 1 aromatic carbocycles. The van der Waals surface area contributed by atoms with Crippen molar-refractivity contribution in [3.8, 4) is 5.75 Å². The van der Waals surface area contributed by atoms with Crippen LogP contribution in [-0.4, -0.2) is 25.4 Å². The van der Waals surface area contributed by atoms with Gasteiger partial charge in [-0.3, -0.25) is 0 Å². The lowest BCUT2D eigenvalue weighted by Gasteiger charge is -2.12. The van der Waals surface area contributed by atoms with Crippen LogP contribution in [0.3, 0.4) is 0 Å². The van der Waals surface area contributed by atoms with Crippen LogP contribution >= 0.6 is 15.9 Å². The Hall–Kier alpha value is -0.580. The Kier molecular flexibility index (Phi) is 5.80. The molecule has 90 valence electrons. The van der Waals surface area contributed by atoms with E-state index in [0.717, 1.165) is 28.9 Å². The first-order valence-corrected chi connectivity index (χ1v) is 6.10. The highest BCUT2D eigenvalue weighted by atomic mass is 79.9. The smallest absolute Gasteiger partial charge is 0.124 e. The maximum Gasteiger partial charge on any atom is 0.124 e. The molecule has 2 N–H and O–H groups in total. The zero-order chi connectivity index (χ0) is 12.0. The zero-order valence-electron chi connectivity index (χ0n) is 9.66. The van der Waals surface area contributed by atoms with E-state index in [2.05, 4.69) is 21.2 Å². The Morgan fingerprint density at radius 3 is 2.88 bits per heavy atom. The van der Waals surface area contributed by atoms with Crippen LogP contribution in [0.1, 0.15) is 12.5 Å². The highest BCUT2D eigenvalue weighted by molar-refractivity contribution is 9.10. The van der Waals surface area contributed by atoms with Crippen molar-refractivity contribution in [2.45, 2.75) is 13.5 Å². The minimum absolute atomic E-state index is 0.213. The molecular weight excluding hydrogens is 270 g/mol. The van der Waals surface area contributed by atoms with Gasteiger partial charge in [-0.25, -0.2) is 0 Å². The summed E-state index contributed by atoms with van der Waals surface area (Å²) in [6.45, 7) is 3.77. The van der Waals surface area contributed by atoms with E-state index >= 15 is 0 Å². The van der Waals surface area contributed by atoms with Gasteiger partial charge in [-0.15, -0.1) is 0 Å². The first-order valence-electron chi connectivity index (χ1n) is 5.31. The topological polar surface area (TPSA) is 41.5 Å². The molecule has 0 spiro atoms. The second-order valence-corrected chi connectivity index (χ2v) is 4.79. The van der Waals surface area contributed by atoms with E-state index in [0.29, 0.717) is 0 Å². The Bertz CT molecular complexity index is 331. The number of aliphatic hydroxyl groups is 1. The molecule has 0 aliphatic carbocycles. The molecule has 0 saturated heterocycles. The fraction of sp³-hybridized carbons (Fsp3) is 0.500. The van der Waals surface area contributed by atoms with Crippen LogP contribution in [0.5, 0.6) is 5.75 Å². The molecule has 0 heterocycles. The Balaban J connectivity index is 2.53. The molecule has 0 radical (unpaired) electrons. The number of aliphatic hydroxyl groups excluding tert-OH is 1. The van der Waals surface area contributed by atoms with Crippen LogP contribution < -0.4 is 10.1 Å². The third kappa shape index (κ3) is 4.12. The lowest BCUT2D eigenvalue weighted by Crippen LogP contribution is -2.22. The standard InChI is InChI=1S/C12H18BrNO2/c1-9(8-15)6-14-7-10-3-4-11(13)5-12(10)16-2/h3-5,9,14-15H,6-8H2,1-2H3. The van der Waals surface area contributed by atoms with E-state index in [1.54, 1.807) is 7.11 Å². The second kappa shape index (κ2) is 6.89. The number of methoxy groups -OCH3 is 1. The lowest BCUT2D eigenvalue weighted by atomic mass is 10.1. The summed E-state index contributed by atoms with van der Waals surface area (Å²) in [6, 6.07) is 5.97. The van der Waals surface area contributed by atoms with Crippen LogP contribution in [0, 0.1) is 5.92 Å². The molecule has 3 nitrogen and oxygen atoms in total. The molecule has 1 unspecified atom stereocenters. The van der Waals surface area contributed by atoms with Crippen molar-refractivity contribution in [1.82, 2.24) is 5.32 Å². The SMILES string of the molecule is COc1cc(Br)ccc1CNCC(C)CO. The molecule has 0 fully saturated rings. The zero-order valence-corrected chi connectivity index (χ0v) is 11.3. The lowest BCUT2D eigenvalue weighted by molar-refractivity contribution is 0.233. The van der Waals surface area contributed by atoms with Gasteiger partial charge in [0.25, 0.3) is 0 Å². The maximum absolute atomic E-state index is 8.90. The summed E-state index contributed by atoms with van der Waals surface area (Å²) < 4.78 is 6.30. The molecule has 0 aliphatic rings. The summed E-state index contributed by atoms with van der Waals surface area (Å²) in [5.41, 5.74) is 1.12. The van der Waals surface area contributed by atoms with Crippen LogP contribution in [0.4, 0.5) is 0 Å². The number of hydrogen-bond acceptors (Lipinski definition) is 3. The largest absolute Gasteiger partial charge is 0.496 e. The summed E-state index contributed by atoms with van der Waals surface area (Å²) in [6.07, 6.45) is 0.